The molecule has 0 spiro atoms. The van der Waals surface area contributed by atoms with Crippen molar-refractivity contribution in [2.75, 3.05) is 26.2 Å². The number of rotatable bonds is 5. The van der Waals surface area contributed by atoms with Gasteiger partial charge in [0.15, 0.2) is 0 Å². The minimum atomic E-state index is 0.0367. The molecule has 0 saturated carbocycles. The summed E-state index contributed by atoms with van der Waals surface area (Å²) in [6, 6.07) is 1.85. The van der Waals surface area contributed by atoms with Gasteiger partial charge in [0, 0.05) is 45.0 Å². The lowest BCUT2D eigenvalue weighted by Crippen LogP contribution is -2.45. The van der Waals surface area contributed by atoms with Crippen molar-refractivity contribution in [2.24, 2.45) is 0 Å². The van der Waals surface area contributed by atoms with Gasteiger partial charge in [0.25, 0.3) is 0 Å². The Labute approximate surface area is 100 Å². The monoisotopic (exact) mass is 238 g/mol. The van der Waals surface area contributed by atoms with Crippen molar-refractivity contribution in [1.82, 2.24) is 20.4 Å². The van der Waals surface area contributed by atoms with E-state index < -0.39 is 0 Å². The van der Waals surface area contributed by atoms with Gasteiger partial charge in [0.2, 0.25) is 5.91 Å². The van der Waals surface area contributed by atoms with E-state index in [4.69, 9.17) is 4.74 Å². The summed E-state index contributed by atoms with van der Waals surface area (Å²) in [5, 5.41) is 10.1. The molecule has 2 heterocycles. The van der Waals surface area contributed by atoms with E-state index in [2.05, 4.69) is 15.7 Å². The topological polar surface area (TPSA) is 68.2 Å². The normalized spacial score (nSPS) is 20.1. The van der Waals surface area contributed by atoms with E-state index in [1.54, 1.807) is 10.9 Å². The van der Waals surface area contributed by atoms with E-state index >= 15 is 0 Å². The number of hydrogen-bond donors (Lipinski definition) is 2. The van der Waals surface area contributed by atoms with E-state index in [1.807, 2.05) is 12.3 Å². The highest BCUT2D eigenvalue weighted by Crippen LogP contribution is 1.95. The molecule has 6 nitrogen and oxygen atoms in total. The Bertz CT molecular complexity index is 333. The molecule has 17 heavy (non-hydrogen) atoms. The summed E-state index contributed by atoms with van der Waals surface area (Å²) in [6.07, 6.45) is 4.10. The average molecular weight is 238 g/mol. The van der Waals surface area contributed by atoms with E-state index in [-0.39, 0.29) is 12.0 Å². The van der Waals surface area contributed by atoms with Crippen molar-refractivity contribution in [3.05, 3.63) is 18.5 Å². The molecule has 1 fully saturated rings. The van der Waals surface area contributed by atoms with Gasteiger partial charge in [-0.2, -0.15) is 5.10 Å². The van der Waals surface area contributed by atoms with Crippen molar-refractivity contribution in [2.45, 2.75) is 19.1 Å². The molecule has 0 radical (unpaired) electrons. The number of carbonyl (C=O) groups is 1. The molecular weight excluding hydrogens is 220 g/mol. The summed E-state index contributed by atoms with van der Waals surface area (Å²) in [4.78, 5) is 11.6. The number of aryl methyl sites for hydroxylation is 1. The number of aromatic nitrogens is 2. The third kappa shape index (κ3) is 4.16. The molecule has 6 heteroatoms. The second-order valence-corrected chi connectivity index (χ2v) is 4.02. The maximum absolute atomic E-state index is 11.6. The van der Waals surface area contributed by atoms with Gasteiger partial charge in [-0.3, -0.25) is 9.48 Å². The van der Waals surface area contributed by atoms with Crippen LogP contribution in [-0.2, 0) is 16.1 Å². The van der Waals surface area contributed by atoms with Crippen molar-refractivity contribution < 1.29 is 9.53 Å². The number of hydrogen-bond acceptors (Lipinski definition) is 4. The molecule has 1 atom stereocenters. The van der Waals surface area contributed by atoms with E-state index in [1.165, 1.54) is 0 Å². The first-order valence-corrected chi connectivity index (χ1v) is 5.91. The van der Waals surface area contributed by atoms with Gasteiger partial charge in [-0.15, -0.1) is 0 Å². The molecule has 0 aromatic carbocycles. The maximum Gasteiger partial charge on any atom is 0.221 e. The van der Waals surface area contributed by atoms with Crippen LogP contribution in [-0.4, -0.2) is 48.0 Å². The van der Waals surface area contributed by atoms with Crippen LogP contribution in [0, 0.1) is 0 Å². The van der Waals surface area contributed by atoms with Crippen LogP contribution in [0.1, 0.15) is 6.42 Å². The first-order valence-electron chi connectivity index (χ1n) is 5.91. The Balaban J connectivity index is 1.60. The largest absolute Gasteiger partial charge is 0.374 e. The van der Waals surface area contributed by atoms with E-state index in [0.717, 1.165) is 13.1 Å². The van der Waals surface area contributed by atoms with Gasteiger partial charge < -0.3 is 15.4 Å². The fraction of sp³-hybridized carbons (Fsp3) is 0.636. The molecule has 1 aromatic heterocycles. The smallest absolute Gasteiger partial charge is 0.221 e. The minimum Gasteiger partial charge on any atom is -0.374 e. The Morgan fingerprint density at radius 1 is 1.65 bits per heavy atom. The second kappa shape index (κ2) is 6.36. The van der Waals surface area contributed by atoms with Gasteiger partial charge in [-0.05, 0) is 6.07 Å². The van der Waals surface area contributed by atoms with Crippen LogP contribution in [0.25, 0.3) is 0 Å². The van der Waals surface area contributed by atoms with Crippen LogP contribution in [0.5, 0.6) is 0 Å². The zero-order chi connectivity index (χ0) is 11.9. The Morgan fingerprint density at radius 2 is 2.59 bits per heavy atom. The van der Waals surface area contributed by atoms with Crippen molar-refractivity contribution in [3.8, 4) is 0 Å². The lowest BCUT2D eigenvalue weighted by atomic mass is 10.3. The molecule has 0 bridgehead atoms. The zero-order valence-electron chi connectivity index (χ0n) is 9.76. The summed E-state index contributed by atoms with van der Waals surface area (Å²) in [6.45, 7) is 3.60. The number of nitrogens with one attached hydrogen (secondary N) is 2. The third-order valence-corrected chi connectivity index (χ3v) is 2.66. The first kappa shape index (κ1) is 12.1. The molecule has 1 unspecified atom stereocenters. The number of carbonyl (C=O) groups excluding carboxylic acids is 1. The molecule has 1 saturated heterocycles. The second-order valence-electron chi connectivity index (χ2n) is 4.02. The first-order chi connectivity index (χ1) is 8.34. The van der Waals surface area contributed by atoms with Gasteiger partial charge in [0.05, 0.1) is 12.7 Å². The van der Waals surface area contributed by atoms with E-state index in [0.29, 0.717) is 26.1 Å². The Kier molecular flexibility index (Phi) is 4.52. The molecule has 0 aliphatic carbocycles. The van der Waals surface area contributed by atoms with Gasteiger partial charge >= 0.3 is 0 Å². The van der Waals surface area contributed by atoms with Crippen molar-refractivity contribution in [3.63, 3.8) is 0 Å². The highest BCUT2D eigenvalue weighted by Gasteiger charge is 2.13. The number of amides is 1. The van der Waals surface area contributed by atoms with Gasteiger partial charge in [-0.1, -0.05) is 0 Å². The summed E-state index contributed by atoms with van der Waals surface area (Å²) in [7, 11) is 0. The van der Waals surface area contributed by atoms with Gasteiger partial charge in [-0.25, -0.2) is 0 Å². The summed E-state index contributed by atoms with van der Waals surface area (Å²) < 4.78 is 7.23. The molecule has 1 aliphatic rings. The zero-order valence-corrected chi connectivity index (χ0v) is 9.76. The quantitative estimate of drug-likeness (QED) is 0.717. The average Bonchev–Trinajstić information content (AvgIpc) is 2.88. The number of morpholine rings is 1. The molecular formula is C11H18N4O2. The standard InChI is InChI=1S/C11H18N4O2/c16-11(2-6-15-5-1-3-14-15)13-9-10-8-12-4-7-17-10/h1,3,5,10,12H,2,4,6-9H2,(H,13,16). The fourth-order valence-electron chi connectivity index (χ4n) is 1.72. The van der Waals surface area contributed by atoms with Crippen LogP contribution in [0.3, 0.4) is 0 Å². The van der Waals surface area contributed by atoms with Crippen LogP contribution >= 0.6 is 0 Å². The van der Waals surface area contributed by atoms with Crippen molar-refractivity contribution in [1.29, 1.82) is 0 Å². The molecule has 2 N–H and O–H groups in total. The predicted octanol–water partition coefficient (Wildman–Crippen LogP) is -0.622. The van der Waals surface area contributed by atoms with Crippen molar-refractivity contribution >= 4 is 5.91 Å². The molecule has 1 aliphatic heterocycles. The minimum absolute atomic E-state index is 0.0367. The lowest BCUT2D eigenvalue weighted by Gasteiger charge is -2.23. The van der Waals surface area contributed by atoms with Crippen LogP contribution in [0.4, 0.5) is 0 Å². The molecule has 1 aromatic rings. The highest BCUT2D eigenvalue weighted by molar-refractivity contribution is 5.75. The van der Waals surface area contributed by atoms with E-state index in [9.17, 15) is 4.79 Å². The summed E-state index contributed by atoms with van der Waals surface area (Å²) in [5.74, 6) is 0.0367. The summed E-state index contributed by atoms with van der Waals surface area (Å²) >= 11 is 0. The predicted molar refractivity (Wildman–Crippen MR) is 62.5 cm³/mol. The molecule has 1 amide bonds. The maximum atomic E-state index is 11.6. The SMILES string of the molecule is O=C(CCn1cccn1)NCC1CNCCO1. The molecule has 94 valence electrons. The third-order valence-electron chi connectivity index (χ3n) is 2.66. The molecule has 2 rings (SSSR count). The Hall–Kier alpha value is -1.40. The number of nitrogens with zero attached hydrogens (tertiary/aromatic N) is 2. The highest BCUT2D eigenvalue weighted by atomic mass is 16.5. The van der Waals surface area contributed by atoms with Crippen LogP contribution < -0.4 is 10.6 Å². The van der Waals surface area contributed by atoms with Crippen LogP contribution in [0.15, 0.2) is 18.5 Å². The lowest BCUT2D eigenvalue weighted by molar-refractivity contribution is -0.122. The number of ether oxygens (including phenoxy) is 1. The fourth-order valence-corrected chi connectivity index (χ4v) is 1.72. The van der Waals surface area contributed by atoms with Crippen LogP contribution in [0.2, 0.25) is 0 Å². The Morgan fingerprint density at radius 3 is 3.29 bits per heavy atom. The van der Waals surface area contributed by atoms with Gasteiger partial charge in [0.1, 0.15) is 0 Å². The summed E-state index contributed by atoms with van der Waals surface area (Å²) in [5.41, 5.74) is 0.